The van der Waals surface area contributed by atoms with Gasteiger partial charge in [-0.15, -0.1) is 11.8 Å². The molecule has 0 bridgehead atoms. The van der Waals surface area contributed by atoms with E-state index >= 15 is 0 Å². The second kappa shape index (κ2) is 9.11. The Morgan fingerprint density at radius 3 is 2.46 bits per heavy atom. The summed E-state index contributed by atoms with van der Waals surface area (Å²) in [5.74, 6) is -1.04. The Morgan fingerprint density at radius 1 is 1.18 bits per heavy atom. The summed E-state index contributed by atoms with van der Waals surface area (Å²) in [6.45, 7) is 1.29. The van der Waals surface area contributed by atoms with E-state index < -0.39 is 28.4 Å². The van der Waals surface area contributed by atoms with E-state index in [1.54, 1.807) is 43.3 Å². The standard InChI is InChI=1S/C19H22N2O5S2/c1-13-16(19(23)26-2)9-6-10-17(13)20-18(22)12-21(28(4,24)25)14-7-5-8-15(11-14)27-3/h5-11H,12H2,1-4H3,(H,20,22). The van der Waals surface area contributed by atoms with Crippen LogP contribution in [0.15, 0.2) is 47.4 Å². The first-order valence-corrected chi connectivity index (χ1v) is 11.3. The van der Waals surface area contributed by atoms with Crippen molar-refractivity contribution in [1.82, 2.24) is 0 Å². The first-order valence-electron chi connectivity index (χ1n) is 8.27. The van der Waals surface area contributed by atoms with Crippen LogP contribution in [-0.2, 0) is 19.6 Å². The number of ether oxygens (including phenoxy) is 1. The molecule has 0 spiro atoms. The quantitative estimate of drug-likeness (QED) is 0.545. The third kappa shape index (κ3) is 5.26. The van der Waals surface area contributed by atoms with E-state index in [2.05, 4.69) is 5.32 Å². The van der Waals surface area contributed by atoms with Crippen molar-refractivity contribution in [3.05, 3.63) is 53.6 Å². The number of carbonyl (C=O) groups excluding carboxylic acids is 2. The predicted octanol–water partition coefficient (Wildman–Crippen LogP) is 2.91. The molecule has 0 aliphatic heterocycles. The normalized spacial score (nSPS) is 11.0. The van der Waals surface area contributed by atoms with Crippen LogP contribution in [0.4, 0.5) is 11.4 Å². The number of hydrogen-bond donors (Lipinski definition) is 1. The maximum absolute atomic E-state index is 12.6. The lowest BCUT2D eigenvalue weighted by molar-refractivity contribution is -0.114. The molecule has 28 heavy (non-hydrogen) atoms. The molecular weight excluding hydrogens is 400 g/mol. The Hall–Kier alpha value is -2.52. The van der Waals surface area contributed by atoms with Crippen LogP contribution in [0.25, 0.3) is 0 Å². The number of carbonyl (C=O) groups is 2. The molecule has 150 valence electrons. The molecule has 0 fully saturated rings. The summed E-state index contributed by atoms with van der Waals surface area (Å²) < 4.78 is 30.3. The van der Waals surface area contributed by atoms with E-state index in [1.165, 1.54) is 18.9 Å². The highest BCUT2D eigenvalue weighted by Gasteiger charge is 2.22. The highest BCUT2D eigenvalue weighted by Crippen LogP contribution is 2.24. The van der Waals surface area contributed by atoms with E-state index in [0.29, 0.717) is 22.5 Å². The Bertz CT molecular complexity index is 990. The second-order valence-corrected chi connectivity index (χ2v) is 8.78. The minimum absolute atomic E-state index is 0.327. The minimum Gasteiger partial charge on any atom is -0.465 e. The molecule has 1 amide bonds. The molecule has 1 N–H and O–H groups in total. The van der Waals surface area contributed by atoms with Gasteiger partial charge in [0.2, 0.25) is 15.9 Å². The lowest BCUT2D eigenvalue weighted by atomic mass is 10.1. The first-order chi connectivity index (χ1) is 13.2. The van der Waals surface area contributed by atoms with Crippen molar-refractivity contribution in [1.29, 1.82) is 0 Å². The average molecular weight is 423 g/mol. The van der Waals surface area contributed by atoms with Crippen molar-refractivity contribution in [3.63, 3.8) is 0 Å². The van der Waals surface area contributed by atoms with Crippen molar-refractivity contribution < 1.29 is 22.7 Å². The molecule has 2 rings (SSSR count). The molecule has 0 saturated carbocycles. The third-order valence-corrected chi connectivity index (χ3v) is 5.91. The number of esters is 1. The molecule has 0 heterocycles. The van der Waals surface area contributed by atoms with Crippen molar-refractivity contribution in [3.8, 4) is 0 Å². The van der Waals surface area contributed by atoms with E-state index in [9.17, 15) is 18.0 Å². The fourth-order valence-corrected chi connectivity index (χ4v) is 3.89. The van der Waals surface area contributed by atoms with E-state index in [4.69, 9.17) is 4.74 Å². The summed E-state index contributed by atoms with van der Waals surface area (Å²) in [6, 6.07) is 11.8. The molecule has 2 aromatic rings. The summed E-state index contributed by atoms with van der Waals surface area (Å²) in [5, 5.41) is 2.67. The average Bonchev–Trinajstić information content (AvgIpc) is 2.66. The maximum Gasteiger partial charge on any atom is 0.338 e. The van der Waals surface area contributed by atoms with Crippen LogP contribution < -0.4 is 9.62 Å². The zero-order valence-electron chi connectivity index (χ0n) is 16.1. The first kappa shape index (κ1) is 21.8. The number of rotatable bonds is 7. The number of anilines is 2. The van der Waals surface area contributed by atoms with Gasteiger partial charge in [0.1, 0.15) is 6.54 Å². The topological polar surface area (TPSA) is 92.8 Å². The van der Waals surface area contributed by atoms with Crippen molar-refractivity contribution in [2.75, 3.05) is 35.8 Å². The third-order valence-electron chi connectivity index (χ3n) is 4.04. The Balaban J connectivity index is 2.27. The van der Waals surface area contributed by atoms with Gasteiger partial charge in [-0.2, -0.15) is 0 Å². The fourth-order valence-electron chi connectivity index (χ4n) is 2.59. The molecule has 0 aromatic heterocycles. The monoisotopic (exact) mass is 422 g/mol. The molecule has 7 nitrogen and oxygen atoms in total. The van der Waals surface area contributed by atoms with Crippen LogP contribution in [-0.4, -0.2) is 46.5 Å². The van der Waals surface area contributed by atoms with Gasteiger partial charge in [0.15, 0.2) is 0 Å². The smallest absolute Gasteiger partial charge is 0.338 e. The van der Waals surface area contributed by atoms with Crippen molar-refractivity contribution >= 4 is 45.0 Å². The summed E-state index contributed by atoms with van der Waals surface area (Å²) >= 11 is 1.48. The Kier molecular flexibility index (Phi) is 7.09. The number of amides is 1. The van der Waals surface area contributed by atoms with Gasteiger partial charge in [-0.25, -0.2) is 13.2 Å². The van der Waals surface area contributed by atoms with Gasteiger partial charge >= 0.3 is 5.97 Å². The van der Waals surface area contributed by atoms with Gasteiger partial charge in [-0.05, 0) is 49.1 Å². The van der Waals surface area contributed by atoms with Gasteiger partial charge in [-0.1, -0.05) is 12.1 Å². The number of methoxy groups -OCH3 is 1. The molecule has 0 saturated heterocycles. The number of benzene rings is 2. The van der Waals surface area contributed by atoms with Gasteiger partial charge in [0, 0.05) is 10.6 Å². The van der Waals surface area contributed by atoms with E-state index in [-0.39, 0.29) is 0 Å². The highest BCUT2D eigenvalue weighted by molar-refractivity contribution is 7.98. The molecule has 0 atom stereocenters. The minimum atomic E-state index is -3.68. The summed E-state index contributed by atoms with van der Waals surface area (Å²) in [4.78, 5) is 25.2. The number of thioether (sulfide) groups is 1. The molecule has 0 aliphatic rings. The maximum atomic E-state index is 12.6. The molecule has 9 heteroatoms. The second-order valence-electron chi connectivity index (χ2n) is 5.99. The summed E-state index contributed by atoms with van der Waals surface area (Å²) in [5.41, 5.74) is 1.69. The van der Waals surface area contributed by atoms with Crippen LogP contribution in [0.1, 0.15) is 15.9 Å². The lowest BCUT2D eigenvalue weighted by Crippen LogP contribution is -2.37. The Morgan fingerprint density at radius 2 is 1.86 bits per heavy atom. The SMILES string of the molecule is COC(=O)c1cccc(NC(=O)CN(c2cccc(SC)c2)S(C)(=O)=O)c1C. The molecule has 0 radical (unpaired) electrons. The molecule has 2 aromatic carbocycles. The van der Waals surface area contributed by atoms with Crippen LogP contribution in [0.3, 0.4) is 0 Å². The van der Waals surface area contributed by atoms with Gasteiger partial charge < -0.3 is 10.1 Å². The zero-order chi connectivity index (χ0) is 20.9. The predicted molar refractivity (Wildman–Crippen MR) is 112 cm³/mol. The van der Waals surface area contributed by atoms with Gasteiger partial charge in [-0.3, -0.25) is 9.10 Å². The van der Waals surface area contributed by atoms with Gasteiger partial charge in [0.05, 0.1) is 24.6 Å². The number of sulfonamides is 1. The lowest BCUT2D eigenvalue weighted by Gasteiger charge is -2.22. The zero-order valence-corrected chi connectivity index (χ0v) is 17.7. The van der Waals surface area contributed by atoms with E-state index in [0.717, 1.165) is 15.5 Å². The fraction of sp³-hybridized carbons (Fsp3) is 0.263. The van der Waals surface area contributed by atoms with Crippen molar-refractivity contribution in [2.24, 2.45) is 0 Å². The molecule has 0 unspecified atom stereocenters. The number of nitrogens with zero attached hydrogens (tertiary/aromatic N) is 1. The van der Waals surface area contributed by atoms with E-state index in [1.807, 2.05) is 12.3 Å². The van der Waals surface area contributed by atoms with Crippen LogP contribution in [0.2, 0.25) is 0 Å². The molecule has 0 aliphatic carbocycles. The largest absolute Gasteiger partial charge is 0.465 e. The van der Waals surface area contributed by atoms with Crippen LogP contribution in [0.5, 0.6) is 0 Å². The highest BCUT2D eigenvalue weighted by atomic mass is 32.2. The van der Waals surface area contributed by atoms with Crippen LogP contribution >= 0.6 is 11.8 Å². The molecular formula is C19H22N2O5S2. The van der Waals surface area contributed by atoms with Crippen LogP contribution in [0, 0.1) is 6.92 Å². The van der Waals surface area contributed by atoms with Gasteiger partial charge in [0.25, 0.3) is 0 Å². The number of nitrogens with one attached hydrogen (secondary N) is 1. The summed E-state index contributed by atoms with van der Waals surface area (Å²) in [6.07, 6.45) is 2.93. The number of hydrogen-bond acceptors (Lipinski definition) is 6. The van der Waals surface area contributed by atoms with Crippen molar-refractivity contribution in [2.45, 2.75) is 11.8 Å². The Labute approximate surface area is 169 Å². The summed E-state index contributed by atoms with van der Waals surface area (Å²) in [7, 11) is -2.40.